The maximum Gasteiger partial charge on any atom is 0.161 e. The normalized spacial score (nSPS) is 13.5. The van der Waals surface area contributed by atoms with Crippen LogP contribution < -0.4 is 5.32 Å². The number of benzene rings is 1. The van der Waals surface area contributed by atoms with Gasteiger partial charge >= 0.3 is 0 Å². The number of rotatable bonds is 4. The lowest BCUT2D eigenvalue weighted by atomic mass is 10.2. The molecule has 5 nitrogen and oxygen atoms in total. The minimum atomic E-state index is 0.593. The number of nitrogens with one attached hydrogen (secondary N) is 2. The summed E-state index contributed by atoms with van der Waals surface area (Å²) in [6, 6.07) is 11.8. The fourth-order valence-electron chi connectivity index (χ4n) is 2.43. The summed E-state index contributed by atoms with van der Waals surface area (Å²) in [5.74, 6) is 5.18. The molecule has 112 valence electrons. The van der Waals surface area contributed by atoms with Gasteiger partial charge in [0.1, 0.15) is 0 Å². The van der Waals surface area contributed by atoms with Crippen LogP contribution >= 0.6 is 0 Å². The summed E-state index contributed by atoms with van der Waals surface area (Å²) in [5.41, 5.74) is 2.72. The molecule has 1 aliphatic carbocycles. The van der Waals surface area contributed by atoms with Gasteiger partial charge in [0, 0.05) is 29.4 Å². The molecule has 0 spiro atoms. The predicted molar refractivity (Wildman–Crippen MR) is 89.2 cm³/mol. The third kappa shape index (κ3) is 2.79. The van der Waals surface area contributed by atoms with E-state index in [0.29, 0.717) is 23.1 Å². The summed E-state index contributed by atoms with van der Waals surface area (Å²) in [7, 11) is 0. The summed E-state index contributed by atoms with van der Waals surface area (Å²) in [6.07, 6.45) is 9.67. The van der Waals surface area contributed by atoms with Crippen LogP contribution in [0.25, 0.3) is 11.4 Å². The number of hydrogen-bond donors (Lipinski definition) is 2. The lowest BCUT2D eigenvalue weighted by Gasteiger charge is -2.07. The van der Waals surface area contributed by atoms with Gasteiger partial charge in [-0.3, -0.25) is 5.10 Å². The molecule has 0 radical (unpaired) electrons. The van der Waals surface area contributed by atoms with Gasteiger partial charge in [-0.05, 0) is 12.8 Å². The number of aromatic nitrogens is 4. The summed E-state index contributed by atoms with van der Waals surface area (Å²) < 4.78 is 0. The van der Waals surface area contributed by atoms with Crippen LogP contribution in [0.2, 0.25) is 0 Å². The minimum absolute atomic E-state index is 0.593. The van der Waals surface area contributed by atoms with Crippen molar-refractivity contribution in [2.24, 2.45) is 0 Å². The van der Waals surface area contributed by atoms with Crippen molar-refractivity contribution in [1.82, 2.24) is 20.2 Å². The van der Waals surface area contributed by atoms with E-state index in [1.807, 2.05) is 36.4 Å². The fraction of sp³-hybridized carbons (Fsp3) is 0.167. The predicted octanol–water partition coefficient (Wildman–Crippen LogP) is 3.47. The van der Waals surface area contributed by atoms with E-state index in [2.05, 4.69) is 31.4 Å². The van der Waals surface area contributed by atoms with Crippen molar-refractivity contribution >= 4 is 11.6 Å². The van der Waals surface area contributed by atoms with Crippen molar-refractivity contribution in [3.05, 3.63) is 53.9 Å². The highest BCUT2D eigenvalue weighted by molar-refractivity contribution is 5.65. The number of nitrogens with zero attached hydrogens (tertiary/aromatic N) is 3. The molecule has 2 heterocycles. The lowest BCUT2D eigenvalue weighted by Crippen LogP contribution is -2.00. The van der Waals surface area contributed by atoms with Crippen LogP contribution in [0.15, 0.2) is 42.6 Å². The van der Waals surface area contributed by atoms with Gasteiger partial charge in [-0.1, -0.05) is 36.3 Å². The number of hydrogen-bond acceptors (Lipinski definition) is 4. The van der Waals surface area contributed by atoms with Gasteiger partial charge in [0.05, 0.1) is 5.56 Å². The molecule has 1 aliphatic rings. The first-order valence-electron chi connectivity index (χ1n) is 7.55. The average molecular weight is 301 g/mol. The van der Waals surface area contributed by atoms with E-state index in [1.54, 1.807) is 6.20 Å². The zero-order valence-electron chi connectivity index (χ0n) is 12.5. The van der Waals surface area contributed by atoms with Gasteiger partial charge in [-0.2, -0.15) is 5.10 Å². The second-order valence-corrected chi connectivity index (χ2v) is 5.57. The van der Waals surface area contributed by atoms with Crippen LogP contribution in [0.5, 0.6) is 0 Å². The third-order valence-electron chi connectivity index (χ3n) is 3.84. The Morgan fingerprint density at radius 1 is 1.22 bits per heavy atom. The first-order valence-corrected chi connectivity index (χ1v) is 7.55. The fourth-order valence-corrected chi connectivity index (χ4v) is 2.43. The van der Waals surface area contributed by atoms with Crippen molar-refractivity contribution in [2.75, 3.05) is 5.32 Å². The Morgan fingerprint density at radius 3 is 2.78 bits per heavy atom. The molecular weight excluding hydrogens is 286 g/mol. The zero-order chi connectivity index (χ0) is 15.6. The van der Waals surface area contributed by atoms with Crippen molar-refractivity contribution < 1.29 is 0 Å². The van der Waals surface area contributed by atoms with E-state index in [-0.39, 0.29) is 0 Å². The highest BCUT2D eigenvalue weighted by atomic mass is 15.2. The molecule has 1 saturated carbocycles. The molecule has 0 aliphatic heterocycles. The van der Waals surface area contributed by atoms with E-state index in [9.17, 15) is 0 Å². The summed E-state index contributed by atoms with van der Waals surface area (Å²) in [5, 5.41) is 10.6. The highest BCUT2D eigenvalue weighted by Gasteiger charge is 2.25. The first-order chi connectivity index (χ1) is 11.3. The Morgan fingerprint density at radius 2 is 2.04 bits per heavy atom. The summed E-state index contributed by atoms with van der Waals surface area (Å²) in [6.45, 7) is 0. The second-order valence-electron chi connectivity index (χ2n) is 5.57. The SMILES string of the molecule is C#Cc1cnc(-c2ccccc2)nc1Nc1cc(C2CC2)[nH]n1. The minimum Gasteiger partial charge on any atom is -0.322 e. The Kier molecular flexibility index (Phi) is 3.28. The molecule has 5 heteroatoms. The topological polar surface area (TPSA) is 66.5 Å². The first kappa shape index (κ1) is 13.5. The maximum absolute atomic E-state index is 5.56. The van der Waals surface area contributed by atoms with Gasteiger partial charge in [-0.25, -0.2) is 9.97 Å². The number of aromatic amines is 1. The van der Waals surface area contributed by atoms with Gasteiger partial charge < -0.3 is 5.32 Å². The van der Waals surface area contributed by atoms with Gasteiger partial charge in [0.2, 0.25) is 0 Å². The Labute approximate surface area is 134 Å². The molecule has 3 aromatic rings. The zero-order valence-corrected chi connectivity index (χ0v) is 12.5. The molecule has 23 heavy (non-hydrogen) atoms. The van der Waals surface area contributed by atoms with E-state index in [1.165, 1.54) is 12.8 Å². The van der Waals surface area contributed by atoms with Crippen LogP contribution in [0.4, 0.5) is 11.6 Å². The Balaban J connectivity index is 1.66. The van der Waals surface area contributed by atoms with E-state index >= 15 is 0 Å². The third-order valence-corrected chi connectivity index (χ3v) is 3.84. The van der Waals surface area contributed by atoms with Crippen LogP contribution in [0.1, 0.15) is 30.0 Å². The van der Waals surface area contributed by atoms with Gasteiger partial charge in [0.15, 0.2) is 17.5 Å². The highest BCUT2D eigenvalue weighted by Crippen LogP contribution is 2.39. The molecule has 0 unspecified atom stereocenters. The smallest absolute Gasteiger partial charge is 0.161 e. The largest absolute Gasteiger partial charge is 0.322 e. The van der Waals surface area contributed by atoms with Crippen LogP contribution in [0.3, 0.4) is 0 Å². The molecule has 0 saturated heterocycles. The molecule has 1 fully saturated rings. The van der Waals surface area contributed by atoms with E-state index in [4.69, 9.17) is 6.42 Å². The van der Waals surface area contributed by atoms with Gasteiger partial charge in [0.25, 0.3) is 0 Å². The molecule has 0 atom stereocenters. The quantitative estimate of drug-likeness (QED) is 0.724. The molecule has 0 amide bonds. The van der Waals surface area contributed by atoms with Crippen LogP contribution in [0, 0.1) is 12.3 Å². The number of anilines is 2. The second kappa shape index (κ2) is 5.58. The summed E-state index contributed by atoms with van der Waals surface area (Å²) in [4.78, 5) is 8.90. The molecule has 0 bridgehead atoms. The standard InChI is InChI=1S/C18H15N5/c1-2-12-11-19-17(14-6-4-3-5-7-14)21-18(12)20-16-10-15(22-23-16)13-8-9-13/h1,3-7,10-11,13H,8-9H2,(H2,19,20,21,22,23). The van der Waals surface area contributed by atoms with Crippen LogP contribution in [-0.4, -0.2) is 20.2 Å². The van der Waals surface area contributed by atoms with Crippen molar-refractivity contribution in [3.63, 3.8) is 0 Å². The molecule has 2 N–H and O–H groups in total. The van der Waals surface area contributed by atoms with Gasteiger partial charge in [-0.15, -0.1) is 6.42 Å². The Bertz CT molecular complexity index is 872. The number of H-pyrrole nitrogens is 1. The lowest BCUT2D eigenvalue weighted by molar-refractivity contribution is 0.966. The molecule has 2 aromatic heterocycles. The molecular formula is C18H15N5. The van der Waals surface area contributed by atoms with E-state index < -0.39 is 0 Å². The maximum atomic E-state index is 5.56. The number of terminal acetylenes is 1. The van der Waals surface area contributed by atoms with Crippen molar-refractivity contribution in [1.29, 1.82) is 0 Å². The van der Waals surface area contributed by atoms with E-state index in [0.717, 1.165) is 17.1 Å². The molecule has 1 aromatic carbocycles. The average Bonchev–Trinajstić information content (AvgIpc) is 3.35. The van der Waals surface area contributed by atoms with Crippen LogP contribution in [-0.2, 0) is 0 Å². The van der Waals surface area contributed by atoms with Crippen molar-refractivity contribution in [2.45, 2.75) is 18.8 Å². The van der Waals surface area contributed by atoms with Crippen molar-refractivity contribution in [3.8, 4) is 23.7 Å². The summed E-state index contributed by atoms with van der Waals surface area (Å²) >= 11 is 0. The Hall–Kier alpha value is -3.13. The molecule has 4 rings (SSSR count). The monoisotopic (exact) mass is 301 g/mol.